The maximum Gasteiger partial charge on any atom is 0.275 e. The van der Waals surface area contributed by atoms with Crippen LogP contribution in [-0.4, -0.2) is 95.8 Å². The largest absolute Gasteiger partial charge is 1.00 e. The van der Waals surface area contributed by atoms with E-state index >= 15 is 0 Å². The van der Waals surface area contributed by atoms with Gasteiger partial charge in [0.15, 0.2) is 12.8 Å². The van der Waals surface area contributed by atoms with Crippen LogP contribution in [0.5, 0.6) is 0 Å². The summed E-state index contributed by atoms with van der Waals surface area (Å²) in [4.78, 5) is 11.7. The predicted octanol–water partition coefficient (Wildman–Crippen LogP) is -6.39. The number of quaternary nitrogens is 1. The number of amides is 1. The molecule has 1 fully saturated rings. The summed E-state index contributed by atoms with van der Waals surface area (Å²) in [6.07, 6.45) is -5.33. The Hall–Kier alpha value is -0.480. The second-order valence-electron chi connectivity index (χ2n) is 5.77. The first-order valence-electron chi connectivity index (χ1n) is 6.06. The maximum absolute atomic E-state index is 11.7. The van der Waals surface area contributed by atoms with Gasteiger partial charge in [-0.15, -0.1) is 0 Å². The first kappa shape index (κ1) is 19.5. The van der Waals surface area contributed by atoms with Gasteiger partial charge in [0.25, 0.3) is 5.91 Å². The van der Waals surface area contributed by atoms with Crippen molar-refractivity contribution in [1.82, 2.24) is 5.32 Å². The lowest BCUT2D eigenvalue weighted by Gasteiger charge is -2.40. The number of carbonyl (C=O) groups is 1. The predicted molar refractivity (Wildman–Crippen MR) is 64.8 cm³/mol. The van der Waals surface area contributed by atoms with Crippen LogP contribution in [0.1, 0.15) is 0 Å². The number of aliphatic hydroxyl groups is 4. The van der Waals surface area contributed by atoms with Gasteiger partial charge >= 0.3 is 0 Å². The van der Waals surface area contributed by atoms with Crippen molar-refractivity contribution in [2.24, 2.45) is 0 Å². The topological polar surface area (TPSA) is 119 Å². The summed E-state index contributed by atoms with van der Waals surface area (Å²) in [7, 11) is 5.46. The van der Waals surface area contributed by atoms with Crippen LogP contribution in [0.4, 0.5) is 0 Å². The fourth-order valence-corrected chi connectivity index (χ4v) is 1.92. The first-order valence-corrected chi connectivity index (χ1v) is 6.06. The normalized spacial score (nSPS) is 34.2. The number of likely N-dealkylation sites (N-methyl/N-ethyl adjacent to an activating group) is 1. The van der Waals surface area contributed by atoms with Gasteiger partial charge in [-0.2, -0.15) is 0 Å². The monoisotopic (exact) mass is 314 g/mol. The summed E-state index contributed by atoms with van der Waals surface area (Å²) in [6, 6.07) is -1.13. The van der Waals surface area contributed by atoms with Gasteiger partial charge in [0.2, 0.25) is 0 Å². The van der Waals surface area contributed by atoms with Crippen molar-refractivity contribution in [1.29, 1.82) is 0 Å². The van der Waals surface area contributed by atoms with Gasteiger partial charge in [0, 0.05) is 0 Å². The van der Waals surface area contributed by atoms with E-state index in [-0.39, 0.29) is 24.9 Å². The van der Waals surface area contributed by atoms with Crippen molar-refractivity contribution in [3.05, 3.63) is 0 Å². The summed E-state index contributed by atoms with van der Waals surface area (Å²) in [5, 5.41) is 40.5. The molecule has 0 aliphatic carbocycles. The molecule has 1 saturated heterocycles. The maximum atomic E-state index is 11.7. The Balaban J connectivity index is 0.00000361. The standard InChI is InChI=1S/C11H22N2O6.ClH/c1-13(2,3)4-7(15)12-8-10(17)9(16)6(5-14)19-11(8)18;/h6,8-11,14,16-18H,4-5H2,1-3H3;1H/t6-,8-,9-,10-,11?;/m1./s1. The van der Waals surface area contributed by atoms with Gasteiger partial charge in [-0.05, 0) is 0 Å². The van der Waals surface area contributed by atoms with Crippen LogP contribution in [0.2, 0.25) is 0 Å². The molecule has 5 atom stereocenters. The second-order valence-corrected chi connectivity index (χ2v) is 5.77. The van der Waals surface area contributed by atoms with Gasteiger partial charge in [-0.25, -0.2) is 0 Å². The minimum atomic E-state index is -1.48. The second kappa shape index (κ2) is 7.51. The summed E-state index contributed by atoms with van der Waals surface area (Å²) in [5.41, 5.74) is 0. The van der Waals surface area contributed by atoms with Crippen molar-refractivity contribution in [3.8, 4) is 0 Å². The van der Waals surface area contributed by atoms with Crippen molar-refractivity contribution >= 4 is 5.91 Å². The number of aliphatic hydroxyl groups excluding tert-OH is 4. The number of hydrogen-bond acceptors (Lipinski definition) is 6. The Labute approximate surface area is 124 Å². The lowest BCUT2D eigenvalue weighted by atomic mass is 9.97. The third-order valence-corrected chi connectivity index (χ3v) is 2.85. The van der Waals surface area contributed by atoms with E-state index < -0.39 is 37.3 Å². The zero-order valence-corrected chi connectivity index (χ0v) is 12.5. The Morgan fingerprint density at radius 1 is 1.20 bits per heavy atom. The van der Waals surface area contributed by atoms with Crippen molar-refractivity contribution < 1.29 is 46.8 Å². The number of ether oxygens (including phenoxy) is 1. The van der Waals surface area contributed by atoms with Gasteiger partial charge in [-0.1, -0.05) is 0 Å². The average Bonchev–Trinajstić information content (AvgIpc) is 2.27. The van der Waals surface area contributed by atoms with Gasteiger partial charge in [-0.3, -0.25) is 4.79 Å². The number of halogens is 1. The number of rotatable bonds is 4. The minimum Gasteiger partial charge on any atom is -1.00 e. The van der Waals surface area contributed by atoms with Crippen LogP contribution < -0.4 is 17.7 Å². The molecule has 1 aliphatic rings. The molecule has 0 aromatic heterocycles. The quantitative estimate of drug-likeness (QED) is 0.329. The molecule has 0 aromatic carbocycles. The molecule has 0 spiro atoms. The third kappa shape index (κ3) is 5.13. The van der Waals surface area contributed by atoms with Gasteiger partial charge in [0.1, 0.15) is 24.4 Å². The fourth-order valence-electron chi connectivity index (χ4n) is 1.92. The molecule has 1 heterocycles. The molecule has 1 unspecified atom stereocenters. The van der Waals surface area contributed by atoms with E-state index in [4.69, 9.17) is 9.84 Å². The van der Waals surface area contributed by atoms with Crippen LogP contribution in [-0.2, 0) is 9.53 Å². The highest BCUT2D eigenvalue weighted by atomic mass is 35.5. The summed E-state index contributed by atoms with van der Waals surface area (Å²) in [6.45, 7) is -0.385. The minimum absolute atomic E-state index is 0. The Bertz CT molecular complexity index is 325. The molecule has 0 radical (unpaired) electrons. The lowest BCUT2D eigenvalue weighted by molar-refractivity contribution is -0.862. The van der Waals surface area contributed by atoms with Crippen molar-refractivity contribution in [2.45, 2.75) is 30.6 Å². The molecule has 120 valence electrons. The zero-order chi connectivity index (χ0) is 14.8. The van der Waals surface area contributed by atoms with Crippen LogP contribution >= 0.6 is 0 Å². The molecule has 9 heteroatoms. The van der Waals surface area contributed by atoms with E-state index in [0.29, 0.717) is 4.48 Å². The Morgan fingerprint density at radius 2 is 1.75 bits per heavy atom. The average molecular weight is 315 g/mol. The third-order valence-electron chi connectivity index (χ3n) is 2.85. The SMILES string of the molecule is C[N+](C)(C)CC(=O)N[C@H]1C(O)O[C@H](CO)[C@@H](O)[C@@H]1O.[Cl-]. The lowest BCUT2D eigenvalue weighted by Crippen LogP contribution is -3.00. The molecule has 1 amide bonds. The highest BCUT2D eigenvalue weighted by Gasteiger charge is 2.44. The molecular formula is C11H23ClN2O6. The number of hydrogen-bond donors (Lipinski definition) is 5. The fraction of sp³-hybridized carbons (Fsp3) is 0.909. The van der Waals surface area contributed by atoms with Gasteiger partial charge < -0.3 is 47.4 Å². The van der Waals surface area contributed by atoms with E-state index in [1.807, 2.05) is 21.1 Å². The molecule has 1 rings (SSSR count). The van der Waals surface area contributed by atoms with E-state index in [9.17, 15) is 20.1 Å². The van der Waals surface area contributed by atoms with E-state index in [0.717, 1.165) is 0 Å². The molecule has 20 heavy (non-hydrogen) atoms. The summed E-state index contributed by atoms with van der Waals surface area (Å²) >= 11 is 0. The molecule has 1 aliphatic heterocycles. The molecule has 0 saturated carbocycles. The Morgan fingerprint density at radius 3 is 2.20 bits per heavy atom. The van der Waals surface area contributed by atoms with Crippen LogP contribution in [0.25, 0.3) is 0 Å². The zero-order valence-electron chi connectivity index (χ0n) is 11.7. The first-order chi connectivity index (χ1) is 8.65. The van der Waals surface area contributed by atoms with Crippen LogP contribution in [0.15, 0.2) is 0 Å². The highest BCUT2D eigenvalue weighted by Crippen LogP contribution is 2.19. The Kier molecular flexibility index (Phi) is 7.33. The smallest absolute Gasteiger partial charge is 0.275 e. The molecule has 8 nitrogen and oxygen atoms in total. The van der Waals surface area contributed by atoms with Crippen LogP contribution in [0.3, 0.4) is 0 Å². The highest BCUT2D eigenvalue weighted by molar-refractivity contribution is 5.77. The molecular weight excluding hydrogens is 292 g/mol. The van der Waals surface area contributed by atoms with Gasteiger partial charge in [0.05, 0.1) is 27.7 Å². The molecule has 5 N–H and O–H groups in total. The number of nitrogens with one attached hydrogen (secondary N) is 1. The van der Waals surface area contributed by atoms with E-state index in [1.165, 1.54) is 0 Å². The number of nitrogens with zero attached hydrogens (tertiary/aromatic N) is 1. The summed E-state index contributed by atoms with van der Waals surface area (Å²) < 4.78 is 5.32. The van der Waals surface area contributed by atoms with E-state index in [2.05, 4.69) is 5.32 Å². The molecule has 0 bridgehead atoms. The van der Waals surface area contributed by atoms with Crippen molar-refractivity contribution in [3.63, 3.8) is 0 Å². The van der Waals surface area contributed by atoms with Crippen molar-refractivity contribution in [2.75, 3.05) is 34.3 Å². The summed E-state index contributed by atoms with van der Waals surface area (Å²) in [5.74, 6) is -0.381. The van der Waals surface area contributed by atoms with Crippen LogP contribution in [0, 0.1) is 0 Å². The molecule has 0 aromatic rings. The van der Waals surface area contributed by atoms with E-state index in [1.54, 1.807) is 0 Å². The number of carbonyl (C=O) groups excluding carboxylic acids is 1.